The monoisotopic (exact) mass is 261 g/mol. The molecule has 0 fully saturated rings. The average molecular weight is 262 g/mol. The van der Waals surface area contributed by atoms with E-state index in [9.17, 15) is 4.39 Å². The first-order chi connectivity index (χ1) is 8.67. The van der Waals surface area contributed by atoms with Gasteiger partial charge >= 0.3 is 0 Å². The van der Waals surface area contributed by atoms with Crippen molar-refractivity contribution >= 4 is 11.6 Å². The minimum atomic E-state index is -0.489. The minimum Gasteiger partial charge on any atom is -0.494 e. The molecular weight excluding hydrogens is 253 g/mol. The largest absolute Gasteiger partial charge is 0.494 e. The number of ether oxygens (including phenoxy) is 1. The first-order valence-corrected chi connectivity index (χ1v) is 5.57. The van der Waals surface area contributed by atoms with E-state index in [1.807, 2.05) is 6.07 Å². The van der Waals surface area contributed by atoms with E-state index in [2.05, 4.69) is 0 Å². The quantitative estimate of drug-likeness (QED) is 0.818. The third-order valence-corrected chi connectivity index (χ3v) is 2.90. The maximum absolute atomic E-state index is 14.1. The maximum atomic E-state index is 14.1. The van der Waals surface area contributed by atoms with E-state index in [1.54, 1.807) is 30.3 Å². The molecular formula is C14H9ClFNO. The van der Waals surface area contributed by atoms with E-state index < -0.39 is 5.82 Å². The zero-order chi connectivity index (χ0) is 13.1. The molecule has 0 amide bonds. The molecule has 0 aliphatic carbocycles. The lowest BCUT2D eigenvalue weighted by atomic mass is 10.0. The summed E-state index contributed by atoms with van der Waals surface area (Å²) in [6.45, 7) is 0. The number of nitriles is 1. The van der Waals surface area contributed by atoms with Crippen LogP contribution in [-0.2, 0) is 0 Å². The van der Waals surface area contributed by atoms with E-state index in [0.29, 0.717) is 21.7 Å². The number of rotatable bonds is 2. The van der Waals surface area contributed by atoms with Gasteiger partial charge in [-0.3, -0.25) is 0 Å². The highest BCUT2D eigenvalue weighted by atomic mass is 35.5. The van der Waals surface area contributed by atoms with Crippen LogP contribution in [0.15, 0.2) is 36.4 Å². The van der Waals surface area contributed by atoms with Crippen molar-refractivity contribution in [1.29, 1.82) is 5.26 Å². The molecule has 90 valence electrons. The fraction of sp³-hybridized carbons (Fsp3) is 0.0714. The maximum Gasteiger partial charge on any atom is 0.172 e. The second-order valence-corrected chi connectivity index (χ2v) is 4.04. The Labute approximate surface area is 109 Å². The third-order valence-electron chi connectivity index (χ3n) is 2.57. The molecule has 2 nitrogen and oxygen atoms in total. The van der Waals surface area contributed by atoms with E-state index in [0.717, 1.165) is 0 Å². The number of benzene rings is 2. The van der Waals surface area contributed by atoms with Crippen LogP contribution in [0.3, 0.4) is 0 Å². The summed E-state index contributed by atoms with van der Waals surface area (Å²) in [4.78, 5) is 0. The SMILES string of the molecule is COc1cccc(-c2cc(C#N)ccc2Cl)c1F. The molecule has 0 heterocycles. The Bertz CT molecular complexity index is 634. The molecule has 0 unspecified atom stereocenters. The zero-order valence-electron chi connectivity index (χ0n) is 9.58. The highest BCUT2D eigenvalue weighted by Gasteiger charge is 2.13. The van der Waals surface area contributed by atoms with Crippen molar-refractivity contribution in [2.75, 3.05) is 7.11 Å². The molecule has 2 aromatic carbocycles. The topological polar surface area (TPSA) is 33.0 Å². The molecule has 18 heavy (non-hydrogen) atoms. The number of hydrogen-bond donors (Lipinski definition) is 0. The fourth-order valence-corrected chi connectivity index (χ4v) is 1.90. The van der Waals surface area contributed by atoms with Crippen LogP contribution in [-0.4, -0.2) is 7.11 Å². The van der Waals surface area contributed by atoms with Crippen LogP contribution >= 0.6 is 11.6 Å². The molecule has 4 heteroatoms. The van der Waals surface area contributed by atoms with Crippen LogP contribution in [0, 0.1) is 17.1 Å². The summed E-state index contributed by atoms with van der Waals surface area (Å²) < 4.78 is 19.0. The van der Waals surface area contributed by atoms with Crippen LogP contribution in [0.5, 0.6) is 5.75 Å². The van der Waals surface area contributed by atoms with Crippen LogP contribution < -0.4 is 4.74 Å². The van der Waals surface area contributed by atoms with Gasteiger partial charge in [0.15, 0.2) is 11.6 Å². The molecule has 0 aromatic heterocycles. The molecule has 0 spiro atoms. The average Bonchev–Trinajstić information content (AvgIpc) is 2.40. The summed E-state index contributed by atoms with van der Waals surface area (Å²) >= 11 is 6.04. The van der Waals surface area contributed by atoms with E-state index in [1.165, 1.54) is 13.2 Å². The summed E-state index contributed by atoms with van der Waals surface area (Å²) in [6.07, 6.45) is 0. The van der Waals surface area contributed by atoms with E-state index >= 15 is 0 Å². The number of halogens is 2. The Balaban J connectivity index is 2.66. The normalized spacial score (nSPS) is 9.89. The highest BCUT2D eigenvalue weighted by Crippen LogP contribution is 2.34. The lowest BCUT2D eigenvalue weighted by Gasteiger charge is -2.09. The third kappa shape index (κ3) is 2.15. The summed E-state index contributed by atoms with van der Waals surface area (Å²) in [6, 6.07) is 11.5. The molecule has 0 saturated heterocycles. The Morgan fingerprint density at radius 3 is 2.67 bits per heavy atom. The number of nitrogens with zero attached hydrogens (tertiary/aromatic N) is 1. The summed E-state index contributed by atoms with van der Waals surface area (Å²) in [5.41, 5.74) is 1.22. The van der Waals surface area contributed by atoms with Gasteiger partial charge in [0, 0.05) is 16.1 Å². The van der Waals surface area contributed by atoms with Crippen molar-refractivity contribution in [3.05, 3.63) is 52.8 Å². The van der Waals surface area contributed by atoms with Gasteiger partial charge < -0.3 is 4.74 Å². The van der Waals surface area contributed by atoms with Crippen molar-refractivity contribution in [3.8, 4) is 22.9 Å². The molecule has 0 radical (unpaired) electrons. The minimum absolute atomic E-state index is 0.144. The standard InChI is InChI=1S/C14H9ClFNO/c1-18-13-4-2-3-10(14(13)16)11-7-9(8-17)5-6-12(11)15/h2-7H,1H3. The van der Waals surface area contributed by atoms with Crippen molar-refractivity contribution in [2.45, 2.75) is 0 Å². The van der Waals surface area contributed by atoms with Gasteiger partial charge in [0.05, 0.1) is 18.7 Å². The van der Waals surface area contributed by atoms with Crippen molar-refractivity contribution in [2.24, 2.45) is 0 Å². The first-order valence-electron chi connectivity index (χ1n) is 5.20. The second kappa shape index (κ2) is 5.07. The van der Waals surface area contributed by atoms with Crippen LogP contribution in [0.25, 0.3) is 11.1 Å². The van der Waals surface area contributed by atoms with Crippen LogP contribution in [0.1, 0.15) is 5.56 Å². The molecule has 0 aliphatic rings. The number of methoxy groups -OCH3 is 1. The van der Waals surface area contributed by atoms with Gasteiger partial charge in [-0.2, -0.15) is 5.26 Å². The van der Waals surface area contributed by atoms with Crippen LogP contribution in [0.4, 0.5) is 4.39 Å². The molecule has 2 aromatic rings. The Hall–Kier alpha value is -2.05. The van der Waals surface area contributed by atoms with Crippen LogP contribution in [0.2, 0.25) is 5.02 Å². The molecule has 0 saturated carbocycles. The number of hydrogen-bond acceptors (Lipinski definition) is 2. The van der Waals surface area contributed by atoms with Crippen molar-refractivity contribution in [1.82, 2.24) is 0 Å². The summed E-state index contributed by atoms with van der Waals surface area (Å²) in [5.74, 6) is -0.345. The Kier molecular flexibility index (Phi) is 3.50. The van der Waals surface area contributed by atoms with Crippen molar-refractivity contribution < 1.29 is 9.13 Å². The second-order valence-electron chi connectivity index (χ2n) is 3.63. The van der Waals surface area contributed by atoms with Gasteiger partial charge in [-0.15, -0.1) is 0 Å². The predicted molar refractivity (Wildman–Crippen MR) is 68.1 cm³/mol. The van der Waals surface area contributed by atoms with E-state index in [-0.39, 0.29) is 5.75 Å². The predicted octanol–water partition coefficient (Wildman–Crippen LogP) is 4.03. The molecule has 0 atom stereocenters. The Morgan fingerprint density at radius 2 is 2.00 bits per heavy atom. The van der Waals surface area contributed by atoms with Gasteiger partial charge in [0.25, 0.3) is 0 Å². The molecule has 2 rings (SSSR count). The van der Waals surface area contributed by atoms with Crippen molar-refractivity contribution in [3.63, 3.8) is 0 Å². The van der Waals surface area contributed by atoms with Gasteiger partial charge in [-0.05, 0) is 24.3 Å². The van der Waals surface area contributed by atoms with Gasteiger partial charge in [-0.1, -0.05) is 23.7 Å². The van der Waals surface area contributed by atoms with Gasteiger partial charge in [-0.25, -0.2) is 4.39 Å². The zero-order valence-corrected chi connectivity index (χ0v) is 10.3. The molecule has 0 bridgehead atoms. The van der Waals surface area contributed by atoms with E-state index in [4.69, 9.17) is 21.6 Å². The van der Waals surface area contributed by atoms with Gasteiger partial charge in [0.1, 0.15) is 0 Å². The highest BCUT2D eigenvalue weighted by molar-refractivity contribution is 6.33. The summed E-state index contributed by atoms with van der Waals surface area (Å²) in [5, 5.41) is 9.25. The fourth-order valence-electron chi connectivity index (χ4n) is 1.68. The van der Waals surface area contributed by atoms with Gasteiger partial charge in [0.2, 0.25) is 0 Å². The first kappa shape index (κ1) is 12.4. The lowest BCUT2D eigenvalue weighted by molar-refractivity contribution is 0.387. The smallest absolute Gasteiger partial charge is 0.172 e. The lowest BCUT2D eigenvalue weighted by Crippen LogP contribution is -1.92. The molecule has 0 aliphatic heterocycles. The molecule has 0 N–H and O–H groups in total. The summed E-state index contributed by atoms with van der Waals surface area (Å²) in [7, 11) is 1.40. The Morgan fingerprint density at radius 1 is 1.22 bits per heavy atom.